The van der Waals surface area contributed by atoms with E-state index >= 15 is 0 Å². The Labute approximate surface area is 119 Å². The molecule has 1 saturated heterocycles. The van der Waals surface area contributed by atoms with Crippen LogP contribution in [0.25, 0.3) is 0 Å². The van der Waals surface area contributed by atoms with Crippen molar-refractivity contribution in [1.29, 1.82) is 0 Å². The lowest BCUT2D eigenvalue weighted by Gasteiger charge is -2.27. The quantitative estimate of drug-likeness (QED) is 0.640. The van der Waals surface area contributed by atoms with Crippen molar-refractivity contribution in [2.75, 3.05) is 11.9 Å². The number of nitrogens with one attached hydrogen (secondary N) is 2. The fraction of sp³-hybridized carbons (Fsp3) is 0.600. The Morgan fingerprint density at radius 1 is 1.50 bits per heavy atom. The predicted molar refractivity (Wildman–Crippen MR) is 81.2 cm³/mol. The summed E-state index contributed by atoms with van der Waals surface area (Å²) in [6, 6.07) is 5.83. The summed E-state index contributed by atoms with van der Waals surface area (Å²) in [6.45, 7) is 5.21. The van der Waals surface area contributed by atoms with E-state index in [1.807, 2.05) is 6.92 Å². The fourth-order valence-corrected chi connectivity index (χ4v) is 2.76. The Morgan fingerprint density at radius 2 is 2.30 bits per heavy atom. The lowest BCUT2D eigenvalue weighted by molar-refractivity contribution is -0.384. The van der Waals surface area contributed by atoms with E-state index in [2.05, 4.69) is 17.6 Å². The summed E-state index contributed by atoms with van der Waals surface area (Å²) in [5.41, 5.74) is 2.04. The van der Waals surface area contributed by atoms with E-state index < -0.39 is 0 Å². The number of benzene rings is 1. The van der Waals surface area contributed by atoms with Crippen LogP contribution in [-0.4, -0.2) is 23.6 Å². The van der Waals surface area contributed by atoms with Gasteiger partial charge in [0.25, 0.3) is 5.69 Å². The number of nitro groups is 1. The maximum absolute atomic E-state index is 10.8. The number of hydrogen-bond acceptors (Lipinski definition) is 4. The van der Waals surface area contributed by atoms with Crippen molar-refractivity contribution in [2.24, 2.45) is 0 Å². The van der Waals surface area contributed by atoms with Crippen LogP contribution in [0.15, 0.2) is 18.2 Å². The second-order valence-corrected chi connectivity index (χ2v) is 5.68. The number of hydrogen-bond donors (Lipinski definition) is 2. The van der Waals surface area contributed by atoms with Gasteiger partial charge in [0.15, 0.2) is 0 Å². The average Bonchev–Trinajstić information content (AvgIpc) is 2.42. The van der Waals surface area contributed by atoms with Crippen molar-refractivity contribution in [3.05, 3.63) is 33.9 Å². The number of anilines is 1. The predicted octanol–water partition coefficient (Wildman–Crippen LogP) is 3.24. The lowest BCUT2D eigenvalue weighted by atomic mass is 9.98. The van der Waals surface area contributed by atoms with Gasteiger partial charge in [-0.1, -0.05) is 12.5 Å². The van der Waals surface area contributed by atoms with Gasteiger partial charge in [-0.3, -0.25) is 10.1 Å². The zero-order valence-corrected chi connectivity index (χ0v) is 12.2. The maximum atomic E-state index is 10.8. The molecule has 2 rings (SSSR count). The van der Waals surface area contributed by atoms with Crippen LogP contribution in [0.2, 0.25) is 0 Å². The molecule has 2 unspecified atom stereocenters. The fourth-order valence-electron chi connectivity index (χ4n) is 2.76. The van der Waals surface area contributed by atoms with E-state index in [0.717, 1.165) is 24.2 Å². The summed E-state index contributed by atoms with van der Waals surface area (Å²) >= 11 is 0. The van der Waals surface area contributed by atoms with Crippen LogP contribution in [-0.2, 0) is 0 Å². The molecule has 1 aliphatic heterocycles. The highest BCUT2D eigenvalue weighted by molar-refractivity contribution is 5.57. The number of nitro benzene ring substituents is 1. The molecular weight excluding hydrogens is 254 g/mol. The molecule has 0 saturated carbocycles. The zero-order valence-electron chi connectivity index (χ0n) is 12.2. The van der Waals surface area contributed by atoms with Gasteiger partial charge in [-0.05, 0) is 45.2 Å². The van der Waals surface area contributed by atoms with Gasteiger partial charge in [0.1, 0.15) is 0 Å². The number of rotatable bonds is 5. The topological polar surface area (TPSA) is 67.2 Å². The third-order valence-corrected chi connectivity index (χ3v) is 3.88. The smallest absolute Gasteiger partial charge is 0.271 e. The molecule has 0 aliphatic carbocycles. The lowest BCUT2D eigenvalue weighted by Crippen LogP contribution is -2.37. The molecule has 1 fully saturated rings. The highest BCUT2D eigenvalue weighted by Gasteiger charge is 2.17. The Bertz CT molecular complexity index is 470. The van der Waals surface area contributed by atoms with Crippen LogP contribution < -0.4 is 10.6 Å². The number of piperidine rings is 1. The van der Waals surface area contributed by atoms with Crippen molar-refractivity contribution in [2.45, 2.75) is 51.6 Å². The van der Waals surface area contributed by atoms with Crippen LogP contribution >= 0.6 is 0 Å². The SMILES string of the molecule is Cc1ccc([N+](=O)[O-])cc1NC(C)CC1CCCCN1. The molecule has 1 aliphatic rings. The molecule has 0 radical (unpaired) electrons. The third kappa shape index (κ3) is 3.93. The molecule has 110 valence electrons. The van der Waals surface area contributed by atoms with Gasteiger partial charge < -0.3 is 10.6 Å². The molecule has 1 heterocycles. The normalized spacial score (nSPS) is 20.4. The molecule has 5 heteroatoms. The monoisotopic (exact) mass is 277 g/mol. The van der Waals surface area contributed by atoms with Crippen LogP contribution in [0, 0.1) is 17.0 Å². The first-order valence-electron chi connectivity index (χ1n) is 7.31. The van der Waals surface area contributed by atoms with Gasteiger partial charge in [-0.15, -0.1) is 0 Å². The summed E-state index contributed by atoms with van der Waals surface area (Å²) in [5.74, 6) is 0. The maximum Gasteiger partial charge on any atom is 0.271 e. The first-order chi connectivity index (χ1) is 9.56. The van der Waals surface area contributed by atoms with E-state index in [9.17, 15) is 10.1 Å². The van der Waals surface area contributed by atoms with E-state index in [-0.39, 0.29) is 10.6 Å². The summed E-state index contributed by atoms with van der Waals surface area (Å²) in [5, 5.41) is 17.8. The molecule has 0 aromatic heterocycles. The summed E-state index contributed by atoms with van der Waals surface area (Å²) in [7, 11) is 0. The van der Waals surface area contributed by atoms with Gasteiger partial charge >= 0.3 is 0 Å². The van der Waals surface area contributed by atoms with Gasteiger partial charge in [0.2, 0.25) is 0 Å². The van der Waals surface area contributed by atoms with Gasteiger partial charge in [0, 0.05) is 29.9 Å². The van der Waals surface area contributed by atoms with E-state index in [1.54, 1.807) is 18.2 Å². The molecule has 2 N–H and O–H groups in total. The molecule has 1 aromatic carbocycles. The Kier molecular flexibility index (Phi) is 4.95. The number of aryl methyl sites for hydroxylation is 1. The number of non-ortho nitro benzene ring substituents is 1. The van der Waals surface area contributed by atoms with Crippen LogP contribution in [0.1, 0.15) is 38.2 Å². The van der Waals surface area contributed by atoms with Crippen molar-refractivity contribution in [1.82, 2.24) is 5.32 Å². The van der Waals surface area contributed by atoms with Gasteiger partial charge in [-0.25, -0.2) is 0 Å². The van der Waals surface area contributed by atoms with Crippen molar-refractivity contribution >= 4 is 11.4 Å². The van der Waals surface area contributed by atoms with Crippen LogP contribution in [0.5, 0.6) is 0 Å². The molecule has 1 aromatic rings. The minimum Gasteiger partial charge on any atom is -0.382 e. The Morgan fingerprint density at radius 3 is 2.95 bits per heavy atom. The van der Waals surface area contributed by atoms with Crippen LogP contribution in [0.3, 0.4) is 0 Å². The van der Waals surface area contributed by atoms with E-state index in [0.29, 0.717) is 12.1 Å². The third-order valence-electron chi connectivity index (χ3n) is 3.88. The minimum atomic E-state index is -0.349. The standard InChI is InChI=1S/C15H23N3O2/c1-11-6-7-14(18(19)20)10-15(11)17-12(2)9-13-5-3-4-8-16-13/h6-7,10,12-13,16-17H,3-5,8-9H2,1-2H3. The molecule has 5 nitrogen and oxygen atoms in total. The van der Waals surface area contributed by atoms with E-state index in [1.165, 1.54) is 19.3 Å². The Hall–Kier alpha value is -1.62. The van der Waals surface area contributed by atoms with E-state index in [4.69, 9.17) is 0 Å². The average molecular weight is 277 g/mol. The highest BCUT2D eigenvalue weighted by atomic mass is 16.6. The minimum absolute atomic E-state index is 0.140. The largest absolute Gasteiger partial charge is 0.382 e. The molecular formula is C15H23N3O2. The summed E-state index contributed by atoms with van der Waals surface area (Å²) in [4.78, 5) is 10.5. The molecule has 20 heavy (non-hydrogen) atoms. The first kappa shape index (κ1) is 14.8. The van der Waals surface area contributed by atoms with Gasteiger partial charge in [0.05, 0.1) is 4.92 Å². The van der Waals surface area contributed by atoms with Crippen LogP contribution in [0.4, 0.5) is 11.4 Å². The highest BCUT2D eigenvalue weighted by Crippen LogP contribution is 2.23. The number of nitrogens with zero attached hydrogens (tertiary/aromatic N) is 1. The first-order valence-corrected chi connectivity index (χ1v) is 7.31. The molecule has 0 bridgehead atoms. The van der Waals surface area contributed by atoms with Crippen molar-refractivity contribution in [3.8, 4) is 0 Å². The molecule has 0 amide bonds. The second kappa shape index (κ2) is 6.70. The molecule has 0 spiro atoms. The van der Waals surface area contributed by atoms with Crippen molar-refractivity contribution < 1.29 is 4.92 Å². The Balaban J connectivity index is 1.97. The second-order valence-electron chi connectivity index (χ2n) is 5.68. The van der Waals surface area contributed by atoms with Crippen molar-refractivity contribution in [3.63, 3.8) is 0 Å². The zero-order chi connectivity index (χ0) is 14.5. The molecule has 2 atom stereocenters. The van der Waals surface area contributed by atoms with Gasteiger partial charge in [-0.2, -0.15) is 0 Å². The summed E-state index contributed by atoms with van der Waals surface area (Å²) in [6.07, 6.45) is 4.82. The summed E-state index contributed by atoms with van der Waals surface area (Å²) < 4.78 is 0.